The van der Waals surface area contributed by atoms with Crippen molar-refractivity contribution in [2.45, 2.75) is 32.2 Å². The zero-order valence-electron chi connectivity index (χ0n) is 10.1. The van der Waals surface area contributed by atoms with Gasteiger partial charge in [0.2, 0.25) is 5.91 Å². The van der Waals surface area contributed by atoms with Gasteiger partial charge in [-0.2, -0.15) is 0 Å². The molecule has 3 nitrogen and oxygen atoms in total. The van der Waals surface area contributed by atoms with Crippen molar-refractivity contribution in [1.82, 2.24) is 5.32 Å². The molecule has 1 saturated heterocycles. The molecule has 1 aromatic rings. The molecule has 0 radical (unpaired) electrons. The van der Waals surface area contributed by atoms with Crippen molar-refractivity contribution in [2.24, 2.45) is 0 Å². The number of carbonyl (C=O) groups is 1. The van der Waals surface area contributed by atoms with Crippen LogP contribution in [0.25, 0.3) is 0 Å². The summed E-state index contributed by atoms with van der Waals surface area (Å²) in [4.78, 5) is 11.2. The highest BCUT2D eigenvalue weighted by Gasteiger charge is 2.23. The van der Waals surface area contributed by atoms with Crippen molar-refractivity contribution < 1.29 is 9.53 Å². The van der Waals surface area contributed by atoms with Gasteiger partial charge in [0.1, 0.15) is 5.75 Å². The third-order valence-corrected chi connectivity index (χ3v) is 3.97. The predicted molar refractivity (Wildman–Crippen MR) is 77.9 cm³/mol. The molecule has 1 aliphatic rings. The number of benzene rings is 1. The molecule has 0 aliphatic carbocycles. The van der Waals surface area contributed by atoms with E-state index in [1.165, 1.54) is 0 Å². The van der Waals surface area contributed by atoms with E-state index in [1.54, 1.807) is 0 Å². The molecule has 1 amide bonds. The molecule has 18 heavy (non-hydrogen) atoms. The fourth-order valence-corrected chi connectivity index (χ4v) is 3.60. The SMILES string of the molecule is CCOc1c(Br)cc(Br)cc1CC1CCC(=O)N1. The minimum Gasteiger partial charge on any atom is -0.492 e. The number of carbonyl (C=O) groups excluding carboxylic acids is 1. The van der Waals surface area contributed by atoms with Crippen LogP contribution < -0.4 is 10.1 Å². The van der Waals surface area contributed by atoms with E-state index < -0.39 is 0 Å². The van der Waals surface area contributed by atoms with Crippen molar-refractivity contribution in [3.8, 4) is 5.75 Å². The molecule has 1 heterocycles. The summed E-state index contributed by atoms with van der Waals surface area (Å²) in [5.74, 6) is 1.02. The normalized spacial score (nSPS) is 18.8. The van der Waals surface area contributed by atoms with Crippen LogP contribution in [0.5, 0.6) is 5.75 Å². The monoisotopic (exact) mass is 375 g/mol. The molecule has 2 rings (SSSR count). The Bertz CT molecular complexity index is 463. The van der Waals surface area contributed by atoms with Crippen LogP contribution in [0.15, 0.2) is 21.1 Å². The molecule has 0 aromatic heterocycles. The first kappa shape index (κ1) is 13.9. The molecule has 1 fully saturated rings. The second-order valence-electron chi connectivity index (χ2n) is 4.32. The van der Waals surface area contributed by atoms with E-state index in [2.05, 4.69) is 43.2 Å². The molecule has 0 spiro atoms. The number of nitrogens with one attached hydrogen (secondary N) is 1. The van der Waals surface area contributed by atoms with E-state index in [4.69, 9.17) is 4.74 Å². The Labute approximate surface area is 124 Å². The van der Waals surface area contributed by atoms with Gasteiger partial charge in [0.05, 0.1) is 11.1 Å². The summed E-state index contributed by atoms with van der Waals surface area (Å²) in [5.41, 5.74) is 1.12. The molecule has 1 atom stereocenters. The van der Waals surface area contributed by atoms with E-state index >= 15 is 0 Å². The Morgan fingerprint density at radius 3 is 2.83 bits per heavy atom. The molecular formula is C13H15Br2NO2. The fraction of sp³-hybridized carbons (Fsp3) is 0.462. The summed E-state index contributed by atoms with van der Waals surface area (Å²) in [6, 6.07) is 4.25. The Kier molecular flexibility index (Phi) is 4.67. The minimum atomic E-state index is 0.145. The van der Waals surface area contributed by atoms with Crippen LogP contribution in [-0.2, 0) is 11.2 Å². The summed E-state index contributed by atoms with van der Waals surface area (Å²) in [6.07, 6.45) is 2.33. The van der Waals surface area contributed by atoms with Crippen LogP contribution in [0.3, 0.4) is 0 Å². The first-order chi connectivity index (χ1) is 8.60. The molecular weight excluding hydrogens is 362 g/mol. The lowest BCUT2D eigenvalue weighted by atomic mass is 10.0. The van der Waals surface area contributed by atoms with Gasteiger partial charge in [0.25, 0.3) is 0 Å². The Hall–Kier alpha value is -0.550. The lowest BCUT2D eigenvalue weighted by molar-refractivity contribution is -0.119. The molecule has 1 unspecified atom stereocenters. The van der Waals surface area contributed by atoms with Crippen molar-refractivity contribution in [3.05, 3.63) is 26.6 Å². The Morgan fingerprint density at radius 2 is 2.22 bits per heavy atom. The van der Waals surface area contributed by atoms with Gasteiger partial charge < -0.3 is 10.1 Å². The molecule has 1 aromatic carbocycles. The topological polar surface area (TPSA) is 38.3 Å². The van der Waals surface area contributed by atoms with Gasteiger partial charge in [-0.1, -0.05) is 15.9 Å². The Morgan fingerprint density at radius 1 is 1.44 bits per heavy atom. The third kappa shape index (κ3) is 3.26. The highest BCUT2D eigenvalue weighted by Crippen LogP contribution is 2.34. The lowest BCUT2D eigenvalue weighted by Gasteiger charge is -2.16. The fourth-order valence-electron chi connectivity index (χ4n) is 2.17. The summed E-state index contributed by atoms with van der Waals surface area (Å²) in [5, 5.41) is 2.99. The highest BCUT2D eigenvalue weighted by atomic mass is 79.9. The van der Waals surface area contributed by atoms with E-state index in [-0.39, 0.29) is 11.9 Å². The van der Waals surface area contributed by atoms with Gasteiger partial charge in [-0.3, -0.25) is 4.79 Å². The van der Waals surface area contributed by atoms with Crippen LogP contribution in [0.1, 0.15) is 25.3 Å². The summed E-state index contributed by atoms with van der Waals surface area (Å²) in [7, 11) is 0. The number of amides is 1. The van der Waals surface area contributed by atoms with Gasteiger partial charge in [0, 0.05) is 16.9 Å². The average Bonchev–Trinajstić information content (AvgIpc) is 2.69. The second-order valence-corrected chi connectivity index (χ2v) is 6.09. The molecule has 98 valence electrons. The molecule has 0 bridgehead atoms. The van der Waals surface area contributed by atoms with E-state index in [0.29, 0.717) is 13.0 Å². The standard InChI is InChI=1S/C13H15Br2NO2/c1-2-18-13-8(5-9(14)7-11(13)15)6-10-3-4-12(17)16-10/h5,7,10H,2-4,6H2,1H3,(H,16,17). The maximum atomic E-state index is 11.2. The van der Waals surface area contributed by atoms with E-state index in [9.17, 15) is 4.79 Å². The largest absolute Gasteiger partial charge is 0.492 e. The lowest BCUT2D eigenvalue weighted by Crippen LogP contribution is -2.27. The number of hydrogen-bond acceptors (Lipinski definition) is 2. The summed E-state index contributed by atoms with van der Waals surface area (Å²) in [6.45, 7) is 2.60. The number of halogens is 2. The maximum absolute atomic E-state index is 11.2. The predicted octanol–water partition coefficient (Wildman–Crippen LogP) is 3.43. The minimum absolute atomic E-state index is 0.145. The van der Waals surface area contributed by atoms with E-state index in [0.717, 1.165) is 33.1 Å². The zero-order chi connectivity index (χ0) is 13.1. The molecule has 1 N–H and O–H groups in total. The van der Waals surface area contributed by atoms with Gasteiger partial charge in [0.15, 0.2) is 0 Å². The van der Waals surface area contributed by atoms with E-state index in [1.807, 2.05) is 13.0 Å². The van der Waals surface area contributed by atoms with Gasteiger partial charge in [-0.15, -0.1) is 0 Å². The van der Waals surface area contributed by atoms with Crippen LogP contribution in [0, 0.1) is 0 Å². The van der Waals surface area contributed by atoms with Crippen LogP contribution in [-0.4, -0.2) is 18.6 Å². The van der Waals surface area contributed by atoms with Crippen molar-refractivity contribution >= 4 is 37.8 Å². The van der Waals surface area contributed by atoms with Crippen LogP contribution >= 0.6 is 31.9 Å². The summed E-state index contributed by atoms with van der Waals surface area (Å²) >= 11 is 7.00. The van der Waals surface area contributed by atoms with Crippen molar-refractivity contribution in [1.29, 1.82) is 0 Å². The third-order valence-electron chi connectivity index (χ3n) is 2.93. The Balaban J connectivity index is 2.22. The number of hydrogen-bond donors (Lipinski definition) is 1. The van der Waals surface area contributed by atoms with Crippen molar-refractivity contribution in [2.75, 3.05) is 6.61 Å². The summed E-state index contributed by atoms with van der Waals surface area (Å²) < 4.78 is 7.63. The van der Waals surface area contributed by atoms with Gasteiger partial charge >= 0.3 is 0 Å². The maximum Gasteiger partial charge on any atom is 0.220 e. The van der Waals surface area contributed by atoms with Gasteiger partial charge in [-0.05, 0) is 53.4 Å². The van der Waals surface area contributed by atoms with Crippen LogP contribution in [0.2, 0.25) is 0 Å². The second kappa shape index (κ2) is 6.06. The van der Waals surface area contributed by atoms with Crippen molar-refractivity contribution in [3.63, 3.8) is 0 Å². The smallest absolute Gasteiger partial charge is 0.220 e. The first-order valence-electron chi connectivity index (χ1n) is 6.00. The number of ether oxygens (including phenoxy) is 1. The van der Waals surface area contributed by atoms with Gasteiger partial charge in [-0.25, -0.2) is 0 Å². The number of rotatable bonds is 4. The molecule has 0 saturated carbocycles. The van der Waals surface area contributed by atoms with Crippen LogP contribution in [0.4, 0.5) is 0 Å². The average molecular weight is 377 g/mol. The molecule has 1 aliphatic heterocycles. The zero-order valence-corrected chi connectivity index (χ0v) is 13.3. The highest BCUT2D eigenvalue weighted by molar-refractivity contribution is 9.11. The quantitative estimate of drug-likeness (QED) is 0.874. The molecule has 5 heteroatoms. The first-order valence-corrected chi connectivity index (χ1v) is 7.58.